The van der Waals surface area contributed by atoms with Gasteiger partial charge in [0.15, 0.2) is 0 Å². The van der Waals surface area contributed by atoms with Crippen molar-refractivity contribution in [1.29, 1.82) is 0 Å². The maximum absolute atomic E-state index is 11.9. The maximum Gasteiger partial charge on any atom is 0.407 e. The molecule has 2 atom stereocenters. The van der Waals surface area contributed by atoms with Crippen molar-refractivity contribution in [3.05, 3.63) is 28.7 Å². The zero-order chi connectivity index (χ0) is 16.2. The van der Waals surface area contributed by atoms with Crippen molar-refractivity contribution in [1.82, 2.24) is 5.32 Å². The minimum absolute atomic E-state index is 0.177. The fourth-order valence-electron chi connectivity index (χ4n) is 2.71. The molecule has 0 spiro atoms. The lowest BCUT2D eigenvalue weighted by Gasteiger charge is -2.31. The largest absolute Gasteiger partial charge is 0.444 e. The van der Waals surface area contributed by atoms with Gasteiger partial charge < -0.3 is 15.4 Å². The van der Waals surface area contributed by atoms with Gasteiger partial charge in [0.1, 0.15) is 5.60 Å². The van der Waals surface area contributed by atoms with E-state index >= 15 is 0 Å². The Kier molecular flexibility index (Phi) is 5.73. The highest BCUT2D eigenvalue weighted by Gasteiger charge is 2.25. The Morgan fingerprint density at radius 3 is 2.45 bits per heavy atom. The Balaban J connectivity index is 1.83. The van der Waals surface area contributed by atoms with E-state index in [9.17, 15) is 4.79 Å². The Hall–Kier alpha value is -1.23. The van der Waals surface area contributed by atoms with E-state index in [1.807, 2.05) is 32.9 Å². The summed E-state index contributed by atoms with van der Waals surface area (Å²) in [5.41, 5.74) is 0.666. The van der Waals surface area contributed by atoms with Gasteiger partial charge in [-0.05, 0) is 70.7 Å². The highest BCUT2D eigenvalue weighted by atomic mass is 79.9. The molecule has 0 heterocycles. The number of carbonyl (C=O) groups is 1. The van der Waals surface area contributed by atoms with Crippen LogP contribution in [-0.4, -0.2) is 23.8 Å². The zero-order valence-electron chi connectivity index (χ0n) is 13.5. The number of anilines is 1. The molecule has 0 radical (unpaired) electrons. The normalized spacial score (nSPS) is 22.0. The van der Waals surface area contributed by atoms with Crippen LogP contribution in [-0.2, 0) is 4.74 Å². The van der Waals surface area contributed by atoms with E-state index in [1.165, 1.54) is 0 Å². The summed E-state index contributed by atoms with van der Waals surface area (Å²) in [5, 5.41) is 6.54. The molecule has 1 aliphatic rings. The number of carbonyl (C=O) groups excluding carboxylic acids is 1. The highest BCUT2D eigenvalue weighted by Crippen LogP contribution is 2.23. The molecule has 0 bridgehead atoms. The predicted molar refractivity (Wildman–Crippen MR) is 93.2 cm³/mol. The SMILES string of the molecule is CC(C)(C)OC(=O)NC1CCCC(Nc2ccc(Br)cc2)C1. The van der Waals surface area contributed by atoms with Gasteiger partial charge in [0, 0.05) is 22.2 Å². The van der Waals surface area contributed by atoms with Crippen molar-refractivity contribution in [2.75, 3.05) is 5.32 Å². The Labute approximate surface area is 141 Å². The van der Waals surface area contributed by atoms with E-state index in [4.69, 9.17) is 4.74 Å². The van der Waals surface area contributed by atoms with Crippen molar-refractivity contribution in [2.24, 2.45) is 0 Å². The standard InChI is InChI=1S/C17H25BrN2O2/c1-17(2,3)22-16(21)20-15-6-4-5-14(11-15)19-13-9-7-12(18)8-10-13/h7-10,14-15,19H,4-6,11H2,1-3H3,(H,20,21). The molecule has 0 saturated heterocycles. The van der Waals surface area contributed by atoms with Crippen LogP contribution < -0.4 is 10.6 Å². The molecule has 1 amide bonds. The van der Waals surface area contributed by atoms with Gasteiger partial charge in [-0.25, -0.2) is 4.79 Å². The molecule has 122 valence electrons. The molecular weight excluding hydrogens is 344 g/mol. The number of benzene rings is 1. The molecule has 2 unspecified atom stereocenters. The lowest BCUT2D eigenvalue weighted by molar-refractivity contribution is 0.0492. The van der Waals surface area contributed by atoms with Crippen molar-refractivity contribution < 1.29 is 9.53 Å². The predicted octanol–water partition coefficient (Wildman–Crippen LogP) is 4.70. The van der Waals surface area contributed by atoms with Gasteiger partial charge in [-0.2, -0.15) is 0 Å². The van der Waals surface area contributed by atoms with E-state index in [0.29, 0.717) is 6.04 Å². The molecule has 22 heavy (non-hydrogen) atoms. The van der Waals surface area contributed by atoms with Crippen LogP contribution in [0.25, 0.3) is 0 Å². The fourth-order valence-corrected chi connectivity index (χ4v) is 2.97. The summed E-state index contributed by atoms with van der Waals surface area (Å²) in [6.45, 7) is 5.64. The van der Waals surface area contributed by atoms with E-state index in [1.54, 1.807) is 0 Å². The fraction of sp³-hybridized carbons (Fsp3) is 0.588. The topological polar surface area (TPSA) is 50.4 Å². The van der Waals surface area contributed by atoms with Gasteiger partial charge >= 0.3 is 6.09 Å². The van der Waals surface area contributed by atoms with Crippen molar-refractivity contribution in [3.8, 4) is 0 Å². The number of alkyl carbamates (subject to hydrolysis) is 1. The molecular formula is C17H25BrN2O2. The molecule has 0 aliphatic heterocycles. The van der Waals surface area contributed by atoms with Crippen LogP contribution in [0.2, 0.25) is 0 Å². The molecule has 2 N–H and O–H groups in total. The monoisotopic (exact) mass is 368 g/mol. The van der Waals surface area contributed by atoms with E-state index in [-0.39, 0.29) is 12.1 Å². The molecule has 2 rings (SSSR count). The van der Waals surface area contributed by atoms with Crippen LogP contribution >= 0.6 is 15.9 Å². The average molecular weight is 369 g/mol. The Bertz CT molecular complexity index is 496. The Morgan fingerprint density at radius 2 is 1.82 bits per heavy atom. The molecule has 4 nitrogen and oxygen atoms in total. The van der Waals surface area contributed by atoms with E-state index in [0.717, 1.165) is 35.8 Å². The summed E-state index contributed by atoms with van der Waals surface area (Å²) in [5.74, 6) is 0. The number of hydrogen-bond acceptors (Lipinski definition) is 3. The van der Waals surface area contributed by atoms with E-state index in [2.05, 4.69) is 38.7 Å². The van der Waals surface area contributed by atoms with Gasteiger partial charge in [-0.3, -0.25) is 0 Å². The Morgan fingerprint density at radius 1 is 1.18 bits per heavy atom. The smallest absolute Gasteiger partial charge is 0.407 e. The second-order valence-corrected chi connectivity index (χ2v) is 7.77. The molecule has 1 aromatic carbocycles. The zero-order valence-corrected chi connectivity index (χ0v) is 15.1. The van der Waals surface area contributed by atoms with Crippen LogP contribution in [0.1, 0.15) is 46.5 Å². The maximum atomic E-state index is 11.9. The lowest BCUT2D eigenvalue weighted by atomic mass is 9.91. The van der Waals surface area contributed by atoms with Crippen molar-refractivity contribution in [2.45, 2.75) is 64.1 Å². The number of rotatable bonds is 3. The summed E-state index contributed by atoms with van der Waals surface area (Å²) < 4.78 is 6.41. The molecule has 1 saturated carbocycles. The van der Waals surface area contributed by atoms with Gasteiger partial charge in [0.2, 0.25) is 0 Å². The van der Waals surface area contributed by atoms with Crippen molar-refractivity contribution >= 4 is 27.7 Å². The minimum atomic E-state index is -0.451. The number of nitrogens with one attached hydrogen (secondary N) is 2. The van der Waals surface area contributed by atoms with E-state index < -0.39 is 5.60 Å². The highest BCUT2D eigenvalue weighted by molar-refractivity contribution is 9.10. The van der Waals surface area contributed by atoms with Crippen LogP contribution in [0, 0.1) is 0 Å². The number of hydrogen-bond donors (Lipinski definition) is 2. The van der Waals surface area contributed by atoms with Crippen LogP contribution in [0.3, 0.4) is 0 Å². The summed E-state index contributed by atoms with van der Waals surface area (Å²) in [4.78, 5) is 11.9. The van der Waals surface area contributed by atoms with Crippen LogP contribution in [0.15, 0.2) is 28.7 Å². The summed E-state index contributed by atoms with van der Waals surface area (Å²) in [6, 6.07) is 8.75. The number of amides is 1. The second-order valence-electron chi connectivity index (χ2n) is 6.86. The molecule has 5 heteroatoms. The molecule has 1 aromatic rings. The third-order valence-corrected chi connectivity index (χ3v) is 4.14. The van der Waals surface area contributed by atoms with Gasteiger partial charge in [0.05, 0.1) is 0 Å². The molecule has 1 aliphatic carbocycles. The first kappa shape index (κ1) is 17.1. The quantitative estimate of drug-likeness (QED) is 0.812. The van der Waals surface area contributed by atoms with Gasteiger partial charge in [-0.1, -0.05) is 15.9 Å². The van der Waals surface area contributed by atoms with Crippen molar-refractivity contribution in [3.63, 3.8) is 0 Å². The summed E-state index contributed by atoms with van der Waals surface area (Å²) >= 11 is 3.44. The lowest BCUT2D eigenvalue weighted by Crippen LogP contribution is -2.43. The first-order chi connectivity index (χ1) is 10.3. The number of ether oxygens (including phenoxy) is 1. The van der Waals surface area contributed by atoms with Crippen LogP contribution in [0.5, 0.6) is 0 Å². The molecule has 0 aromatic heterocycles. The summed E-state index contributed by atoms with van der Waals surface area (Å²) in [7, 11) is 0. The van der Waals surface area contributed by atoms with Crippen LogP contribution in [0.4, 0.5) is 10.5 Å². The number of halogens is 1. The third-order valence-electron chi connectivity index (χ3n) is 3.61. The third kappa shape index (κ3) is 5.87. The van der Waals surface area contributed by atoms with Gasteiger partial charge in [0.25, 0.3) is 0 Å². The average Bonchev–Trinajstić information content (AvgIpc) is 2.39. The van der Waals surface area contributed by atoms with Gasteiger partial charge in [-0.15, -0.1) is 0 Å². The molecule has 1 fully saturated rings. The second kappa shape index (κ2) is 7.36. The minimum Gasteiger partial charge on any atom is -0.444 e. The first-order valence-electron chi connectivity index (χ1n) is 7.83. The summed E-state index contributed by atoms with van der Waals surface area (Å²) in [6.07, 6.45) is 3.85. The first-order valence-corrected chi connectivity index (χ1v) is 8.63.